The Morgan fingerprint density at radius 3 is 2.00 bits per heavy atom. The monoisotopic (exact) mass is 262 g/mol. The van der Waals surface area contributed by atoms with Crippen molar-refractivity contribution in [3.8, 4) is 0 Å². The Hall–Kier alpha value is -0.100. The molecule has 0 saturated carbocycles. The normalized spacial score (nSPS) is 23.2. The van der Waals surface area contributed by atoms with Crippen LogP contribution in [0, 0.1) is 0 Å². The van der Waals surface area contributed by atoms with Crippen molar-refractivity contribution in [1.29, 1.82) is 0 Å². The third-order valence-electron chi connectivity index (χ3n) is 1.92. The molecule has 0 unspecified atom stereocenters. The first kappa shape index (κ1) is 14.0. The number of halogens is 3. The highest BCUT2D eigenvalue weighted by molar-refractivity contribution is 7.48. The van der Waals surface area contributed by atoms with Gasteiger partial charge in [-0.2, -0.15) is 13.2 Å². The molecule has 1 aliphatic heterocycles. The summed E-state index contributed by atoms with van der Waals surface area (Å²) in [5.41, 5.74) is 0. The molecule has 16 heavy (non-hydrogen) atoms. The zero-order chi connectivity index (χ0) is 12.1. The Labute approximate surface area is 91.7 Å². The Morgan fingerprint density at radius 1 is 1.06 bits per heavy atom. The predicted octanol–water partition coefficient (Wildman–Crippen LogP) is 3.28. The smallest absolute Gasteiger partial charge is 0.287 e. The van der Waals surface area contributed by atoms with Gasteiger partial charge in [-0.1, -0.05) is 12.8 Å². The summed E-state index contributed by atoms with van der Waals surface area (Å²) in [6, 6.07) is 0. The van der Waals surface area contributed by atoms with Crippen LogP contribution in [0.3, 0.4) is 0 Å². The third kappa shape index (κ3) is 5.84. The van der Waals surface area contributed by atoms with Crippen LogP contribution in [-0.2, 0) is 18.1 Å². The van der Waals surface area contributed by atoms with E-state index in [4.69, 9.17) is 9.05 Å². The van der Waals surface area contributed by atoms with E-state index in [-0.39, 0.29) is 13.2 Å². The minimum atomic E-state index is -4.54. The fourth-order valence-corrected chi connectivity index (χ4v) is 2.41. The average molecular weight is 262 g/mol. The van der Waals surface area contributed by atoms with Gasteiger partial charge >= 0.3 is 14.0 Å². The van der Waals surface area contributed by atoms with Crippen LogP contribution in [0.4, 0.5) is 13.2 Å². The Morgan fingerprint density at radius 2 is 1.56 bits per heavy atom. The van der Waals surface area contributed by atoms with E-state index in [1.807, 2.05) is 0 Å². The van der Waals surface area contributed by atoms with Crippen molar-refractivity contribution >= 4 is 7.82 Å². The van der Waals surface area contributed by atoms with Crippen LogP contribution in [-0.4, -0.2) is 26.0 Å². The quantitative estimate of drug-likeness (QED) is 0.716. The van der Waals surface area contributed by atoms with Gasteiger partial charge in [-0.05, 0) is 12.8 Å². The molecule has 0 spiro atoms. The van der Waals surface area contributed by atoms with Gasteiger partial charge in [0.15, 0.2) is 6.61 Å². The summed E-state index contributed by atoms with van der Waals surface area (Å²) in [5.74, 6) is 0. The van der Waals surface area contributed by atoms with E-state index in [2.05, 4.69) is 4.52 Å². The van der Waals surface area contributed by atoms with Crippen molar-refractivity contribution in [2.24, 2.45) is 0 Å². The molecule has 0 radical (unpaired) electrons. The number of phosphoric ester groups is 1. The van der Waals surface area contributed by atoms with E-state index in [0.29, 0.717) is 12.8 Å². The molecule has 4 nitrogen and oxygen atoms in total. The van der Waals surface area contributed by atoms with E-state index in [1.54, 1.807) is 0 Å². The van der Waals surface area contributed by atoms with Crippen LogP contribution >= 0.6 is 7.82 Å². The molecular weight excluding hydrogens is 248 g/mol. The number of hydrogen-bond acceptors (Lipinski definition) is 4. The predicted molar refractivity (Wildman–Crippen MR) is 50.0 cm³/mol. The van der Waals surface area contributed by atoms with Crippen LogP contribution in [0.5, 0.6) is 0 Å². The highest BCUT2D eigenvalue weighted by Gasteiger charge is 2.35. The standard InChI is InChI=1S/C8H14F3O4P/c9-8(10,11)7-15-16(12)13-5-3-1-2-4-6-14-16/h1-7H2. The third-order valence-corrected chi connectivity index (χ3v) is 3.37. The van der Waals surface area contributed by atoms with E-state index in [9.17, 15) is 17.7 Å². The van der Waals surface area contributed by atoms with E-state index < -0.39 is 20.6 Å². The maximum absolute atomic E-state index is 11.9. The number of rotatable bonds is 2. The maximum atomic E-state index is 11.9. The molecule has 0 aromatic carbocycles. The lowest BCUT2D eigenvalue weighted by Crippen LogP contribution is -2.17. The van der Waals surface area contributed by atoms with Crippen LogP contribution in [0.25, 0.3) is 0 Å². The largest absolute Gasteiger partial charge is 0.475 e. The average Bonchev–Trinajstić information content (AvgIpc) is 2.27. The molecule has 0 atom stereocenters. The highest BCUT2D eigenvalue weighted by atomic mass is 31.2. The summed E-state index contributed by atoms with van der Waals surface area (Å²) in [7, 11) is -4.03. The summed E-state index contributed by atoms with van der Waals surface area (Å²) in [6.07, 6.45) is -1.50. The molecule has 0 N–H and O–H groups in total. The van der Waals surface area contributed by atoms with Gasteiger partial charge in [0.25, 0.3) is 0 Å². The number of hydrogen-bond donors (Lipinski definition) is 0. The topological polar surface area (TPSA) is 44.8 Å². The molecule has 1 heterocycles. The lowest BCUT2D eigenvalue weighted by molar-refractivity contribution is -0.158. The van der Waals surface area contributed by atoms with E-state index >= 15 is 0 Å². The molecule has 0 bridgehead atoms. The van der Waals surface area contributed by atoms with Crippen molar-refractivity contribution in [2.75, 3.05) is 19.8 Å². The van der Waals surface area contributed by atoms with Gasteiger partial charge in [0.05, 0.1) is 13.2 Å². The van der Waals surface area contributed by atoms with Gasteiger partial charge in [-0.15, -0.1) is 0 Å². The van der Waals surface area contributed by atoms with E-state index in [1.165, 1.54) is 0 Å². The van der Waals surface area contributed by atoms with Crippen LogP contribution in [0.2, 0.25) is 0 Å². The summed E-state index contributed by atoms with van der Waals surface area (Å²) in [4.78, 5) is 0. The van der Waals surface area contributed by atoms with Crippen LogP contribution in [0.15, 0.2) is 0 Å². The SMILES string of the molecule is O=P1(OCC(F)(F)F)OCCCCCCO1. The van der Waals surface area contributed by atoms with E-state index in [0.717, 1.165) is 12.8 Å². The van der Waals surface area contributed by atoms with Gasteiger partial charge in [-0.3, -0.25) is 13.6 Å². The molecule has 96 valence electrons. The van der Waals surface area contributed by atoms with Gasteiger partial charge in [0, 0.05) is 0 Å². The lowest BCUT2D eigenvalue weighted by atomic mass is 10.2. The van der Waals surface area contributed by atoms with Crippen molar-refractivity contribution in [2.45, 2.75) is 31.9 Å². The Balaban J connectivity index is 2.47. The summed E-state index contributed by atoms with van der Waals surface area (Å²) in [6.45, 7) is -1.44. The lowest BCUT2D eigenvalue weighted by Gasteiger charge is -2.17. The molecule has 1 saturated heterocycles. The van der Waals surface area contributed by atoms with Crippen molar-refractivity contribution < 1.29 is 31.3 Å². The molecule has 0 amide bonds. The van der Waals surface area contributed by atoms with Crippen LogP contribution in [0.1, 0.15) is 25.7 Å². The number of phosphoric acid groups is 1. The molecule has 1 rings (SSSR count). The van der Waals surface area contributed by atoms with Crippen molar-refractivity contribution in [3.63, 3.8) is 0 Å². The first-order valence-corrected chi connectivity index (χ1v) is 6.48. The summed E-state index contributed by atoms with van der Waals surface area (Å²) >= 11 is 0. The molecule has 1 aliphatic rings. The van der Waals surface area contributed by atoms with Gasteiger partial charge in [0.1, 0.15) is 0 Å². The Kier molecular flexibility index (Phi) is 5.24. The number of alkyl halides is 3. The highest BCUT2D eigenvalue weighted by Crippen LogP contribution is 2.51. The van der Waals surface area contributed by atoms with Gasteiger partial charge in [-0.25, -0.2) is 4.57 Å². The molecule has 0 aromatic rings. The molecular formula is C8H14F3O4P. The summed E-state index contributed by atoms with van der Waals surface area (Å²) < 4.78 is 61.0. The first-order chi connectivity index (χ1) is 7.41. The zero-order valence-corrected chi connectivity index (χ0v) is 9.56. The summed E-state index contributed by atoms with van der Waals surface area (Å²) in [5, 5.41) is 0. The molecule has 8 heteroatoms. The molecule has 1 fully saturated rings. The van der Waals surface area contributed by atoms with Crippen molar-refractivity contribution in [1.82, 2.24) is 0 Å². The first-order valence-electron chi connectivity index (χ1n) is 5.02. The van der Waals surface area contributed by atoms with Gasteiger partial charge < -0.3 is 0 Å². The Bertz CT molecular complexity index is 242. The molecule has 0 aliphatic carbocycles. The second-order valence-electron chi connectivity index (χ2n) is 3.42. The zero-order valence-electron chi connectivity index (χ0n) is 8.66. The van der Waals surface area contributed by atoms with Crippen LogP contribution < -0.4 is 0 Å². The second kappa shape index (κ2) is 6.00. The second-order valence-corrected chi connectivity index (χ2v) is 5.09. The minimum Gasteiger partial charge on any atom is -0.287 e. The fourth-order valence-electron chi connectivity index (χ4n) is 1.17. The molecule has 0 aromatic heterocycles. The van der Waals surface area contributed by atoms with Crippen molar-refractivity contribution in [3.05, 3.63) is 0 Å². The maximum Gasteiger partial charge on any atom is 0.475 e. The fraction of sp³-hybridized carbons (Fsp3) is 1.00. The minimum absolute atomic E-state index is 0.0924. The van der Waals surface area contributed by atoms with Gasteiger partial charge in [0.2, 0.25) is 0 Å².